The quantitative estimate of drug-likeness (QED) is 0.688. The monoisotopic (exact) mass is 208 g/mol. The second-order valence-corrected chi connectivity index (χ2v) is 4.08. The zero-order valence-corrected chi connectivity index (χ0v) is 7.72. The van der Waals surface area contributed by atoms with E-state index >= 15 is 0 Å². The maximum absolute atomic E-state index is 9.34. The van der Waals surface area contributed by atoms with E-state index in [9.17, 15) is 5.11 Å². The topological polar surface area (TPSA) is 60.7 Å². The second-order valence-electron chi connectivity index (χ2n) is 2.34. The van der Waals surface area contributed by atoms with Crippen molar-refractivity contribution in [2.45, 2.75) is 12.2 Å². The standard InChI is InChI=1S/C7H9ClO3S/c8-6-2-1-5(12-6)7(11)4(10)3-9/h1-2,4,7,9-11H,3H2. The number of thiophene rings is 1. The van der Waals surface area contributed by atoms with E-state index in [0.717, 1.165) is 0 Å². The summed E-state index contributed by atoms with van der Waals surface area (Å²) in [7, 11) is 0. The van der Waals surface area contributed by atoms with Crippen molar-refractivity contribution in [1.82, 2.24) is 0 Å². The van der Waals surface area contributed by atoms with Crippen molar-refractivity contribution >= 4 is 22.9 Å². The van der Waals surface area contributed by atoms with Crippen LogP contribution in [-0.2, 0) is 0 Å². The van der Waals surface area contributed by atoms with Gasteiger partial charge in [-0.05, 0) is 12.1 Å². The molecular formula is C7H9ClO3S. The van der Waals surface area contributed by atoms with E-state index < -0.39 is 18.8 Å². The van der Waals surface area contributed by atoms with Crippen LogP contribution in [0.4, 0.5) is 0 Å². The van der Waals surface area contributed by atoms with Crippen molar-refractivity contribution in [3.8, 4) is 0 Å². The maximum atomic E-state index is 9.34. The van der Waals surface area contributed by atoms with Gasteiger partial charge < -0.3 is 15.3 Å². The highest BCUT2D eigenvalue weighted by Crippen LogP contribution is 2.28. The first-order valence-corrected chi connectivity index (χ1v) is 4.57. The summed E-state index contributed by atoms with van der Waals surface area (Å²) < 4.78 is 0.550. The van der Waals surface area contributed by atoms with Crippen molar-refractivity contribution < 1.29 is 15.3 Å². The molecule has 0 amide bonds. The van der Waals surface area contributed by atoms with Crippen molar-refractivity contribution in [1.29, 1.82) is 0 Å². The van der Waals surface area contributed by atoms with E-state index in [1.165, 1.54) is 11.3 Å². The number of rotatable bonds is 3. The van der Waals surface area contributed by atoms with Gasteiger partial charge in [0.1, 0.15) is 12.2 Å². The molecule has 0 saturated carbocycles. The highest BCUT2D eigenvalue weighted by molar-refractivity contribution is 7.16. The van der Waals surface area contributed by atoms with E-state index in [-0.39, 0.29) is 0 Å². The van der Waals surface area contributed by atoms with Gasteiger partial charge >= 0.3 is 0 Å². The van der Waals surface area contributed by atoms with Gasteiger partial charge in [0.25, 0.3) is 0 Å². The van der Waals surface area contributed by atoms with Gasteiger partial charge in [0, 0.05) is 4.88 Å². The minimum absolute atomic E-state index is 0.462. The third kappa shape index (κ3) is 2.18. The molecule has 1 heterocycles. The Morgan fingerprint density at radius 3 is 2.50 bits per heavy atom. The molecule has 0 saturated heterocycles. The SMILES string of the molecule is OCC(O)C(O)c1ccc(Cl)s1. The molecule has 0 aliphatic rings. The van der Waals surface area contributed by atoms with Gasteiger partial charge in [-0.2, -0.15) is 0 Å². The van der Waals surface area contributed by atoms with Crippen LogP contribution >= 0.6 is 22.9 Å². The summed E-state index contributed by atoms with van der Waals surface area (Å²) >= 11 is 6.80. The Balaban J connectivity index is 2.70. The Morgan fingerprint density at radius 1 is 1.42 bits per heavy atom. The third-order valence-corrected chi connectivity index (χ3v) is 2.74. The molecule has 0 aliphatic carbocycles. The van der Waals surface area contributed by atoms with Gasteiger partial charge in [-0.15, -0.1) is 11.3 Å². The van der Waals surface area contributed by atoms with Crippen molar-refractivity contribution in [3.05, 3.63) is 21.3 Å². The molecule has 1 aromatic rings. The van der Waals surface area contributed by atoms with E-state index in [1.54, 1.807) is 12.1 Å². The summed E-state index contributed by atoms with van der Waals surface area (Å²) in [6.45, 7) is -0.462. The first-order chi connectivity index (χ1) is 5.65. The molecule has 3 nitrogen and oxygen atoms in total. The molecule has 0 radical (unpaired) electrons. The molecule has 0 aromatic carbocycles. The fourth-order valence-corrected chi connectivity index (χ4v) is 1.88. The van der Waals surface area contributed by atoms with Crippen LogP contribution in [0.25, 0.3) is 0 Å². The zero-order chi connectivity index (χ0) is 9.14. The summed E-state index contributed by atoms with van der Waals surface area (Å²) in [6, 6.07) is 3.26. The number of aliphatic hydroxyl groups excluding tert-OH is 3. The predicted molar refractivity (Wildman–Crippen MR) is 47.4 cm³/mol. The summed E-state index contributed by atoms with van der Waals surface area (Å²) in [5.41, 5.74) is 0. The average molecular weight is 209 g/mol. The van der Waals surface area contributed by atoms with Gasteiger partial charge in [0.2, 0.25) is 0 Å². The third-order valence-electron chi connectivity index (χ3n) is 1.44. The van der Waals surface area contributed by atoms with Crippen molar-refractivity contribution in [3.63, 3.8) is 0 Å². The number of hydrogen-bond donors (Lipinski definition) is 3. The van der Waals surface area contributed by atoms with Crippen LogP contribution < -0.4 is 0 Å². The summed E-state index contributed by atoms with van der Waals surface area (Å²) in [5, 5.41) is 26.9. The Bertz CT molecular complexity index is 251. The van der Waals surface area contributed by atoms with Crippen LogP contribution in [-0.4, -0.2) is 28.0 Å². The van der Waals surface area contributed by atoms with Gasteiger partial charge in [-0.3, -0.25) is 0 Å². The van der Waals surface area contributed by atoms with Crippen LogP contribution in [0.2, 0.25) is 4.34 Å². The molecule has 0 fully saturated rings. The molecule has 1 aromatic heterocycles. The Labute approximate surface area is 78.9 Å². The molecule has 5 heteroatoms. The molecule has 12 heavy (non-hydrogen) atoms. The number of hydrogen-bond acceptors (Lipinski definition) is 4. The average Bonchev–Trinajstić information content (AvgIpc) is 2.49. The molecule has 2 atom stereocenters. The molecule has 68 valence electrons. The summed E-state index contributed by atoms with van der Waals surface area (Å²) in [4.78, 5) is 0.557. The normalized spacial score (nSPS) is 16.0. The molecule has 3 N–H and O–H groups in total. The first kappa shape index (κ1) is 9.95. The van der Waals surface area contributed by atoms with Crippen LogP contribution in [0.5, 0.6) is 0 Å². The molecule has 1 rings (SSSR count). The fourth-order valence-electron chi connectivity index (χ4n) is 0.777. The van der Waals surface area contributed by atoms with Crippen molar-refractivity contribution in [2.24, 2.45) is 0 Å². The minimum Gasteiger partial charge on any atom is -0.394 e. The van der Waals surface area contributed by atoms with E-state index in [0.29, 0.717) is 9.21 Å². The molecule has 0 aliphatic heterocycles. The van der Waals surface area contributed by atoms with Crippen molar-refractivity contribution in [2.75, 3.05) is 6.61 Å². The lowest BCUT2D eigenvalue weighted by Crippen LogP contribution is -2.21. The molecular weight excluding hydrogens is 200 g/mol. The highest BCUT2D eigenvalue weighted by atomic mass is 35.5. The van der Waals surface area contributed by atoms with E-state index in [4.69, 9.17) is 21.8 Å². The second kappa shape index (κ2) is 4.20. The molecule has 2 unspecified atom stereocenters. The number of aliphatic hydroxyl groups is 3. The van der Waals surface area contributed by atoms with Crippen LogP contribution in [0.1, 0.15) is 11.0 Å². The largest absolute Gasteiger partial charge is 0.394 e. The Morgan fingerprint density at radius 2 is 2.08 bits per heavy atom. The summed E-state index contributed by atoms with van der Waals surface area (Å²) in [6.07, 6.45) is -2.19. The van der Waals surface area contributed by atoms with Gasteiger partial charge in [-0.25, -0.2) is 0 Å². The fraction of sp³-hybridized carbons (Fsp3) is 0.429. The Hall–Kier alpha value is -0.130. The maximum Gasteiger partial charge on any atom is 0.116 e. The first-order valence-electron chi connectivity index (χ1n) is 3.37. The molecule has 0 spiro atoms. The smallest absolute Gasteiger partial charge is 0.116 e. The lowest BCUT2D eigenvalue weighted by Gasteiger charge is -2.12. The summed E-state index contributed by atoms with van der Waals surface area (Å²) in [5.74, 6) is 0. The van der Waals surface area contributed by atoms with Crippen LogP contribution in [0, 0.1) is 0 Å². The van der Waals surface area contributed by atoms with Gasteiger partial charge in [0.05, 0.1) is 10.9 Å². The zero-order valence-electron chi connectivity index (χ0n) is 6.14. The molecule has 0 bridgehead atoms. The Kier molecular flexibility index (Phi) is 3.49. The van der Waals surface area contributed by atoms with E-state index in [1.807, 2.05) is 0 Å². The van der Waals surface area contributed by atoms with E-state index in [2.05, 4.69) is 0 Å². The van der Waals surface area contributed by atoms with Crippen LogP contribution in [0.3, 0.4) is 0 Å². The number of halogens is 1. The minimum atomic E-state index is -1.14. The van der Waals surface area contributed by atoms with Crippen LogP contribution in [0.15, 0.2) is 12.1 Å². The highest BCUT2D eigenvalue weighted by Gasteiger charge is 2.18. The predicted octanol–water partition coefficient (Wildman–Crippen LogP) is 0.788. The van der Waals surface area contributed by atoms with Gasteiger partial charge in [0.15, 0.2) is 0 Å². The van der Waals surface area contributed by atoms with Gasteiger partial charge in [-0.1, -0.05) is 11.6 Å². The lowest BCUT2D eigenvalue weighted by atomic mass is 10.2. The lowest BCUT2D eigenvalue weighted by molar-refractivity contribution is -0.0135.